The SMILES string of the molecule is Cc1csc(-c2nc(CBr)cs2)n1. The van der Waals surface area contributed by atoms with Crippen LogP contribution >= 0.6 is 38.6 Å². The summed E-state index contributed by atoms with van der Waals surface area (Å²) in [5.41, 5.74) is 2.14. The van der Waals surface area contributed by atoms with Crippen molar-refractivity contribution in [2.75, 3.05) is 0 Å². The predicted octanol–water partition coefficient (Wildman–Crippen LogP) is 3.47. The van der Waals surface area contributed by atoms with E-state index in [0.29, 0.717) is 0 Å². The molecule has 0 saturated carbocycles. The minimum absolute atomic E-state index is 0.813. The van der Waals surface area contributed by atoms with Gasteiger partial charge in [0.15, 0.2) is 10.0 Å². The summed E-state index contributed by atoms with van der Waals surface area (Å²) >= 11 is 6.67. The second-order valence-corrected chi connectivity index (χ2v) is 4.85. The lowest BCUT2D eigenvalue weighted by molar-refractivity contribution is 1.22. The molecule has 2 aromatic heterocycles. The summed E-state index contributed by atoms with van der Waals surface area (Å²) in [6, 6.07) is 0. The van der Waals surface area contributed by atoms with Crippen molar-refractivity contribution in [1.29, 1.82) is 0 Å². The summed E-state index contributed by atoms with van der Waals surface area (Å²) in [4.78, 5) is 8.81. The lowest BCUT2D eigenvalue weighted by Crippen LogP contribution is -1.78. The summed E-state index contributed by atoms with van der Waals surface area (Å²) in [5, 5.41) is 6.96. The fourth-order valence-corrected chi connectivity index (χ4v) is 3.09. The molecule has 0 fully saturated rings. The summed E-state index contributed by atoms with van der Waals surface area (Å²) in [5.74, 6) is 0. The van der Waals surface area contributed by atoms with Crippen LogP contribution in [0.4, 0.5) is 0 Å². The average molecular weight is 275 g/mol. The molecule has 0 aliphatic carbocycles. The Hall–Kier alpha value is -0.260. The van der Waals surface area contributed by atoms with Gasteiger partial charge in [-0.05, 0) is 6.92 Å². The van der Waals surface area contributed by atoms with E-state index in [1.165, 1.54) is 0 Å². The largest absolute Gasteiger partial charge is 0.239 e. The highest BCUT2D eigenvalue weighted by Crippen LogP contribution is 2.27. The molecule has 0 spiro atoms. The van der Waals surface area contributed by atoms with E-state index in [1.54, 1.807) is 22.7 Å². The number of hydrogen-bond donors (Lipinski definition) is 0. The lowest BCUT2D eigenvalue weighted by atomic mass is 10.5. The second kappa shape index (κ2) is 3.86. The second-order valence-electron chi connectivity index (χ2n) is 2.57. The average Bonchev–Trinajstić information content (AvgIpc) is 2.71. The van der Waals surface area contributed by atoms with Crippen LogP contribution in [0.5, 0.6) is 0 Å². The Morgan fingerprint density at radius 3 is 2.46 bits per heavy atom. The van der Waals surface area contributed by atoms with E-state index in [-0.39, 0.29) is 0 Å². The molecular formula is C8H7BrN2S2. The van der Waals surface area contributed by atoms with Crippen LogP contribution in [0, 0.1) is 6.92 Å². The normalized spacial score (nSPS) is 10.6. The Bertz CT molecular complexity index is 408. The van der Waals surface area contributed by atoms with Crippen LogP contribution in [0.25, 0.3) is 10.0 Å². The molecule has 2 heterocycles. The van der Waals surface area contributed by atoms with Crippen molar-refractivity contribution >= 4 is 38.6 Å². The Morgan fingerprint density at radius 1 is 1.23 bits per heavy atom. The number of rotatable bonds is 2. The highest BCUT2D eigenvalue weighted by atomic mass is 79.9. The maximum atomic E-state index is 4.43. The maximum absolute atomic E-state index is 4.43. The number of alkyl halides is 1. The number of aromatic nitrogens is 2. The molecule has 0 aliphatic heterocycles. The molecule has 2 nitrogen and oxygen atoms in total. The van der Waals surface area contributed by atoms with Crippen molar-refractivity contribution in [2.45, 2.75) is 12.3 Å². The van der Waals surface area contributed by atoms with Crippen LogP contribution in [-0.2, 0) is 5.33 Å². The molecule has 0 saturated heterocycles. The third-order valence-electron chi connectivity index (χ3n) is 1.49. The summed E-state index contributed by atoms with van der Waals surface area (Å²) in [6.45, 7) is 2.00. The van der Waals surface area contributed by atoms with Crippen molar-refractivity contribution in [2.24, 2.45) is 0 Å². The van der Waals surface area contributed by atoms with Gasteiger partial charge >= 0.3 is 0 Å². The molecule has 0 bridgehead atoms. The molecule has 5 heteroatoms. The first-order valence-electron chi connectivity index (χ1n) is 3.72. The van der Waals surface area contributed by atoms with Crippen LogP contribution in [0.1, 0.15) is 11.4 Å². The highest BCUT2D eigenvalue weighted by molar-refractivity contribution is 9.08. The maximum Gasteiger partial charge on any atom is 0.152 e. The van der Waals surface area contributed by atoms with Gasteiger partial charge < -0.3 is 0 Å². The van der Waals surface area contributed by atoms with E-state index in [2.05, 4.69) is 31.3 Å². The first kappa shape index (κ1) is 9.30. The predicted molar refractivity (Wildman–Crippen MR) is 60.6 cm³/mol. The molecule has 0 aromatic carbocycles. The summed E-state index contributed by atoms with van der Waals surface area (Å²) in [6.07, 6.45) is 0. The fraction of sp³-hybridized carbons (Fsp3) is 0.250. The molecular weight excluding hydrogens is 268 g/mol. The van der Waals surface area contributed by atoms with E-state index in [1.807, 2.05) is 12.3 Å². The van der Waals surface area contributed by atoms with Gasteiger partial charge in [0.05, 0.1) is 5.69 Å². The van der Waals surface area contributed by atoms with Gasteiger partial charge in [0.1, 0.15) is 0 Å². The first-order chi connectivity index (χ1) is 6.29. The van der Waals surface area contributed by atoms with Gasteiger partial charge in [-0.1, -0.05) is 15.9 Å². The number of thiazole rings is 2. The zero-order chi connectivity index (χ0) is 9.26. The number of nitrogens with zero attached hydrogens (tertiary/aromatic N) is 2. The summed E-state index contributed by atoms with van der Waals surface area (Å²) < 4.78 is 0. The molecule has 0 aliphatic rings. The third kappa shape index (κ3) is 1.98. The van der Waals surface area contributed by atoms with Gasteiger partial charge in [-0.15, -0.1) is 22.7 Å². The molecule has 2 rings (SSSR count). The first-order valence-corrected chi connectivity index (χ1v) is 6.60. The lowest BCUT2D eigenvalue weighted by Gasteiger charge is -1.85. The number of hydrogen-bond acceptors (Lipinski definition) is 4. The van der Waals surface area contributed by atoms with E-state index < -0.39 is 0 Å². The molecule has 0 N–H and O–H groups in total. The highest BCUT2D eigenvalue weighted by Gasteiger charge is 2.06. The third-order valence-corrected chi connectivity index (χ3v) is 4.06. The van der Waals surface area contributed by atoms with Gasteiger partial charge in [-0.25, -0.2) is 9.97 Å². The zero-order valence-corrected chi connectivity index (χ0v) is 10.2. The Morgan fingerprint density at radius 2 is 1.92 bits per heavy atom. The fourth-order valence-electron chi connectivity index (χ4n) is 0.919. The standard InChI is InChI=1S/C8H7BrN2S2/c1-5-3-12-7(10-5)8-11-6(2-9)4-13-8/h3-4H,2H2,1H3. The smallest absolute Gasteiger partial charge is 0.152 e. The van der Waals surface area contributed by atoms with Gasteiger partial charge in [-0.3, -0.25) is 0 Å². The monoisotopic (exact) mass is 274 g/mol. The zero-order valence-electron chi connectivity index (χ0n) is 6.95. The van der Waals surface area contributed by atoms with Gasteiger partial charge in [0.25, 0.3) is 0 Å². The number of halogens is 1. The van der Waals surface area contributed by atoms with Crippen LogP contribution in [0.15, 0.2) is 10.8 Å². The molecule has 0 radical (unpaired) electrons. The minimum Gasteiger partial charge on any atom is -0.239 e. The van der Waals surface area contributed by atoms with E-state index >= 15 is 0 Å². The van der Waals surface area contributed by atoms with Gasteiger partial charge in [-0.2, -0.15) is 0 Å². The van der Waals surface area contributed by atoms with Gasteiger partial charge in [0, 0.05) is 21.8 Å². The Kier molecular flexibility index (Phi) is 2.76. The van der Waals surface area contributed by atoms with Crippen molar-refractivity contribution in [3.8, 4) is 10.0 Å². The van der Waals surface area contributed by atoms with E-state index in [0.717, 1.165) is 26.7 Å². The van der Waals surface area contributed by atoms with Crippen LogP contribution < -0.4 is 0 Å². The Labute approximate surface area is 92.8 Å². The Balaban J connectivity index is 2.35. The van der Waals surface area contributed by atoms with Crippen molar-refractivity contribution < 1.29 is 0 Å². The van der Waals surface area contributed by atoms with E-state index in [4.69, 9.17) is 0 Å². The molecule has 0 atom stereocenters. The van der Waals surface area contributed by atoms with Gasteiger partial charge in [0.2, 0.25) is 0 Å². The van der Waals surface area contributed by atoms with Crippen LogP contribution in [0.2, 0.25) is 0 Å². The molecule has 68 valence electrons. The van der Waals surface area contributed by atoms with Crippen molar-refractivity contribution in [3.63, 3.8) is 0 Å². The van der Waals surface area contributed by atoms with Crippen LogP contribution in [0.3, 0.4) is 0 Å². The van der Waals surface area contributed by atoms with E-state index in [9.17, 15) is 0 Å². The number of aryl methyl sites for hydroxylation is 1. The topological polar surface area (TPSA) is 25.8 Å². The van der Waals surface area contributed by atoms with Crippen LogP contribution in [-0.4, -0.2) is 9.97 Å². The quantitative estimate of drug-likeness (QED) is 0.784. The molecule has 0 unspecified atom stereocenters. The summed E-state index contributed by atoms with van der Waals surface area (Å²) in [7, 11) is 0. The minimum atomic E-state index is 0.813. The van der Waals surface area contributed by atoms with Crippen molar-refractivity contribution in [1.82, 2.24) is 9.97 Å². The van der Waals surface area contributed by atoms with Crippen molar-refractivity contribution in [3.05, 3.63) is 22.1 Å². The molecule has 0 amide bonds. The molecule has 2 aromatic rings. The molecule has 13 heavy (non-hydrogen) atoms.